The van der Waals surface area contributed by atoms with Crippen molar-refractivity contribution in [3.05, 3.63) is 0 Å². The van der Waals surface area contributed by atoms with Gasteiger partial charge in [-0.15, -0.1) is 0 Å². The molecule has 0 aromatic rings. The van der Waals surface area contributed by atoms with Crippen LogP contribution in [0.4, 0.5) is 0 Å². The van der Waals surface area contributed by atoms with Crippen molar-refractivity contribution in [2.24, 2.45) is 28.1 Å². The van der Waals surface area contributed by atoms with Crippen molar-refractivity contribution in [2.45, 2.75) is 83.0 Å². The number of hydrogen-bond donors (Lipinski definition) is 7. The van der Waals surface area contributed by atoms with E-state index < -0.39 is 60.2 Å². The number of aliphatic carboxylic acids is 2. The van der Waals surface area contributed by atoms with Gasteiger partial charge >= 0.3 is 11.9 Å². The fraction of sp³-hybridized carbons (Fsp3) is 0.727. The number of carbonyl (C=O) groups excluding carboxylic acids is 3. The lowest BCUT2D eigenvalue weighted by Crippen LogP contribution is -2.57. The fourth-order valence-corrected chi connectivity index (χ4v) is 3.84. The number of hydrogen-bond acceptors (Lipinski definition) is 7. The Kier molecular flexibility index (Phi) is 12.6. The highest BCUT2D eigenvalue weighted by Crippen LogP contribution is 2.20. The summed E-state index contributed by atoms with van der Waals surface area (Å²) < 4.78 is 0. The number of nitrogens with one attached hydrogen (secondary N) is 2. The van der Waals surface area contributed by atoms with E-state index in [1.807, 2.05) is 13.8 Å². The Labute approximate surface area is 210 Å². The van der Waals surface area contributed by atoms with Gasteiger partial charge in [0.25, 0.3) is 0 Å². The SMILES string of the molecule is CCC(C)C(N)C(=O)NC(CCCN=C(N)N)C(=O)N1CCCC1C(=O)NC(CCC(=O)O)C(=O)O. The van der Waals surface area contributed by atoms with Crippen molar-refractivity contribution >= 4 is 35.6 Å². The smallest absolute Gasteiger partial charge is 0.326 e. The molecule has 1 heterocycles. The van der Waals surface area contributed by atoms with Crippen molar-refractivity contribution in [1.82, 2.24) is 15.5 Å². The highest BCUT2D eigenvalue weighted by molar-refractivity contribution is 5.94. The lowest BCUT2D eigenvalue weighted by Gasteiger charge is -2.30. The predicted molar refractivity (Wildman–Crippen MR) is 130 cm³/mol. The Bertz CT molecular complexity index is 832. The molecule has 0 radical (unpaired) electrons. The number of carboxylic acids is 2. The fourth-order valence-electron chi connectivity index (χ4n) is 3.84. The number of guanidine groups is 1. The van der Waals surface area contributed by atoms with Gasteiger partial charge in [0, 0.05) is 19.5 Å². The zero-order chi connectivity index (χ0) is 27.4. The van der Waals surface area contributed by atoms with Gasteiger partial charge in [-0.25, -0.2) is 4.79 Å². The molecule has 0 bridgehead atoms. The molecule has 0 aliphatic carbocycles. The quantitative estimate of drug-likeness (QED) is 0.0744. The Morgan fingerprint density at radius 2 is 1.75 bits per heavy atom. The molecule has 0 aromatic carbocycles. The van der Waals surface area contributed by atoms with Crippen molar-refractivity contribution in [2.75, 3.05) is 13.1 Å². The van der Waals surface area contributed by atoms with E-state index in [0.29, 0.717) is 25.7 Å². The first-order valence-corrected chi connectivity index (χ1v) is 12.1. The predicted octanol–water partition coefficient (Wildman–Crippen LogP) is -1.68. The molecule has 3 amide bonds. The van der Waals surface area contributed by atoms with Gasteiger partial charge in [0.05, 0.1) is 6.04 Å². The molecule has 1 rings (SSSR count). The van der Waals surface area contributed by atoms with E-state index in [1.165, 1.54) is 4.90 Å². The molecule has 1 fully saturated rings. The Balaban J connectivity index is 3.00. The third-order valence-corrected chi connectivity index (χ3v) is 6.22. The van der Waals surface area contributed by atoms with E-state index in [2.05, 4.69) is 15.6 Å². The van der Waals surface area contributed by atoms with Crippen LogP contribution in [0.15, 0.2) is 4.99 Å². The number of carbonyl (C=O) groups is 5. The molecule has 36 heavy (non-hydrogen) atoms. The van der Waals surface area contributed by atoms with Crippen LogP contribution >= 0.6 is 0 Å². The lowest BCUT2D eigenvalue weighted by molar-refractivity contribution is -0.145. The summed E-state index contributed by atoms with van der Waals surface area (Å²) in [6, 6.07) is -4.18. The van der Waals surface area contributed by atoms with Crippen LogP contribution in [0.5, 0.6) is 0 Å². The highest BCUT2D eigenvalue weighted by atomic mass is 16.4. The molecule has 1 aliphatic rings. The summed E-state index contributed by atoms with van der Waals surface area (Å²) in [5, 5.41) is 23.2. The minimum absolute atomic E-state index is 0.104. The first-order chi connectivity index (χ1) is 16.9. The van der Waals surface area contributed by atoms with Gasteiger partial charge in [0.15, 0.2) is 5.96 Å². The van der Waals surface area contributed by atoms with Gasteiger partial charge in [-0.2, -0.15) is 0 Å². The number of carboxylic acid groups (broad SMARTS) is 2. The van der Waals surface area contributed by atoms with Crippen LogP contribution in [0.2, 0.25) is 0 Å². The topological polar surface area (TPSA) is 244 Å². The molecule has 14 nitrogen and oxygen atoms in total. The van der Waals surface area contributed by atoms with Gasteiger partial charge in [-0.3, -0.25) is 24.2 Å². The normalized spacial score (nSPS) is 18.4. The van der Waals surface area contributed by atoms with Gasteiger partial charge in [0.2, 0.25) is 17.7 Å². The van der Waals surface area contributed by atoms with E-state index >= 15 is 0 Å². The van der Waals surface area contributed by atoms with Crippen LogP contribution < -0.4 is 27.8 Å². The summed E-state index contributed by atoms with van der Waals surface area (Å²) in [6.07, 6.45) is 1.28. The first kappa shape index (κ1) is 30.6. The number of amides is 3. The maximum Gasteiger partial charge on any atom is 0.326 e. The number of nitrogens with two attached hydrogens (primary N) is 3. The lowest BCUT2D eigenvalue weighted by atomic mass is 9.98. The van der Waals surface area contributed by atoms with Crippen molar-refractivity contribution in [1.29, 1.82) is 0 Å². The molecule has 5 unspecified atom stereocenters. The maximum absolute atomic E-state index is 13.4. The van der Waals surface area contributed by atoms with Gasteiger partial charge < -0.3 is 42.9 Å². The van der Waals surface area contributed by atoms with Gasteiger partial charge in [-0.1, -0.05) is 20.3 Å². The molecular weight excluding hydrogens is 474 g/mol. The third kappa shape index (κ3) is 9.68. The molecule has 10 N–H and O–H groups in total. The van der Waals surface area contributed by atoms with Crippen LogP contribution in [0.1, 0.15) is 58.8 Å². The van der Waals surface area contributed by atoms with Gasteiger partial charge in [0.1, 0.15) is 18.1 Å². The van der Waals surface area contributed by atoms with Crippen LogP contribution in [0.25, 0.3) is 0 Å². The molecule has 1 saturated heterocycles. The average Bonchev–Trinajstić information content (AvgIpc) is 3.31. The summed E-state index contributed by atoms with van der Waals surface area (Å²) >= 11 is 0. The summed E-state index contributed by atoms with van der Waals surface area (Å²) in [6.45, 7) is 4.18. The first-order valence-electron chi connectivity index (χ1n) is 12.1. The van der Waals surface area contributed by atoms with Crippen LogP contribution in [0.3, 0.4) is 0 Å². The number of likely N-dealkylation sites (tertiary alicyclic amines) is 1. The number of nitrogens with zero attached hydrogens (tertiary/aromatic N) is 2. The summed E-state index contributed by atoms with van der Waals surface area (Å²) in [5.74, 6) is -4.48. The molecule has 0 aromatic heterocycles. The second-order valence-corrected chi connectivity index (χ2v) is 8.94. The molecule has 5 atom stereocenters. The number of rotatable bonds is 15. The Hall–Kier alpha value is -3.42. The molecule has 204 valence electrons. The summed E-state index contributed by atoms with van der Waals surface area (Å²) in [4.78, 5) is 66.5. The standard InChI is InChI=1S/C22H39N7O7/c1-3-12(2)17(23)19(33)27-13(6-4-10-26-22(24)25)20(34)29-11-5-7-15(29)18(32)28-14(21(35)36)8-9-16(30)31/h12-15,17H,3-11,23H2,1-2H3,(H,27,33)(H,28,32)(H,30,31)(H,35,36)(H4,24,25,26). The molecule has 1 aliphatic heterocycles. The number of aliphatic imine (C=N–C) groups is 1. The van der Waals surface area contributed by atoms with E-state index in [4.69, 9.17) is 22.3 Å². The Morgan fingerprint density at radius 1 is 1.08 bits per heavy atom. The summed E-state index contributed by atoms with van der Waals surface area (Å²) in [7, 11) is 0. The van der Waals surface area contributed by atoms with E-state index in [0.717, 1.165) is 0 Å². The average molecular weight is 514 g/mol. The van der Waals surface area contributed by atoms with E-state index in [9.17, 15) is 29.1 Å². The van der Waals surface area contributed by atoms with Crippen molar-refractivity contribution < 1.29 is 34.2 Å². The molecule has 0 saturated carbocycles. The largest absolute Gasteiger partial charge is 0.481 e. The minimum Gasteiger partial charge on any atom is -0.481 e. The second-order valence-electron chi connectivity index (χ2n) is 8.94. The molecule has 0 spiro atoms. The van der Waals surface area contributed by atoms with Gasteiger partial charge in [-0.05, 0) is 38.0 Å². The molecular formula is C22H39N7O7. The maximum atomic E-state index is 13.4. The van der Waals surface area contributed by atoms with Crippen LogP contribution in [-0.4, -0.2) is 88.0 Å². The van der Waals surface area contributed by atoms with Crippen molar-refractivity contribution in [3.8, 4) is 0 Å². The summed E-state index contributed by atoms with van der Waals surface area (Å²) in [5.41, 5.74) is 16.7. The van der Waals surface area contributed by atoms with Crippen molar-refractivity contribution in [3.63, 3.8) is 0 Å². The van der Waals surface area contributed by atoms with Crippen LogP contribution in [-0.2, 0) is 24.0 Å². The highest BCUT2D eigenvalue weighted by Gasteiger charge is 2.39. The zero-order valence-corrected chi connectivity index (χ0v) is 20.8. The molecule has 14 heteroatoms. The second kappa shape index (κ2) is 14.9. The van der Waals surface area contributed by atoms with Crippen LogP contribution in [0, 0.1) is 5.92 Å². The van der Waals surface area contributed by atoms with E-state index in [1.54, 1.807) is 0 Å². The van der Waals surface area contributed by atoms with E-state index in [-0.39, 0.29) is 37.8 Å². The third-order valence-electron chi connectivity index (χ3n) is 6.22. The Morgan fingerprint density at radius 3 is 2.31 bits per heavy atom. The monoisotopic (exact) mass is 513 g/mol. The zero-order valence-electron chi connectivity index (χ0n) is 20.8. The minimum atomic E-state index is -1.41.